The quantitative estimate of drug-likeness (QED) is 0.469. The van der Waals surface area contributed by atoms with E-state index in [0.717, 1.165) is 0 Å². The van der Waals surface area contributed by atoms with Crippen LogP contribution in [-0.4, -0.2) is 19.8 Å². The van der Waals surface area contributed by atoms with Gasteiger partial charge in [0, 0.05) is 0 Å². The first-order valence-electron chi connectivity index (χ1n) is 7.37. The second kappa shape index (κ2) is 6.54. The molecule has 93 valence electrons. The Labute approximate surface area is 105 Å². The first-order chi connectivity index (χ1) is 7.79. The maximum Gasteiger partial charge on any atom is 0.0740 e. The van der Waals surface area contributed by atoms with Gasteiger partial charge in [-0.05, 0) is 37.0 Å². The van der Waals surface area contributed by atoms with Crippen LogP contribution in [0.5, 0.6) is 0 Å². The van der Waals surface area contributed by atoms with E-state index in [-0.39, 0.29) is 8.46 Å². The predicted molar refractivity (Wildman–Crippen MR) is 78.1 cm³/mol. The predicted octanol–water partition coefficient (Wildman–Crippen LogP) is 5.38. The van der Waals surface area contributed by atoms with Crippen molar-refractivity contribution in [2.24, 2.45) is 0 Å². The second-order valence-electron chi connectivity index (χ2n) is 5.94. The van der Waals surface area contributed by atoms with Crippen LogP contribution in [0.2, 0.25) is 13.1 Å². The van der Waals surface area contributed by atoms with E-state index in [1.165, 1.54) is 24.2 Å². The van der Waals surface area contributed by atoms with Crippen molar-refractivity contribution >= 4 is 15.9 Å². The molecule has 0 aromatic rings. The van der Waals surface area contributed by atoms with E-state index < -0.39 is 0 Å². The highest BCUT2D eigenvalue weighted by atomic mass is 31.4. The van der Waals surface area contributed by atoms with Crippen LogP contribution in [0, 0.1) is 0 Å². The number of rotatable bonds is 3. The summed E-state index contributed by atoms with van der Waals surface area (Å²) in [6.45, 7) is 5.22. The summed E-state index contributed by atoms with van der Waals surface area (Å²) in [6.07, 6.45) is 15.6. The molecule has 0 unspecified atom stereocenters. The molecule has 0 heterocycles. The molecule has 0 aliphatic heterocycles. The van der Waals surface area contributed by atoms with E-state index >= 15 is 0 Å². The van der Waals surface area contributed by atoms with Crippen molar-refractivity contribution in [3.05, 3.63) is 0 Å². The smallest absolute Gasteiger partial charge is 0.0740 e. The van der Waals surface area contributed by atoms with Gasteiger partial charge in [0.15, 0.2) is 0 Å². The topological polar surface area (TPSA) is 0 Å². The van der Waals surface area contributed by atoms with Gasteiger partial charge in [-0.2, -0.15) is 0 Å². The number of hydrogen-bond donors (Lipinski definition) is 0. The van der Waals surface area contributed by atoms with Gasteiger partial charge in [-0.1, -0.05) is 51.6 Å². The third-order valence-electron chi connectivity index (χ3n) is 4.45. The van der Waals surface area contributed by atoms with Crippen molar-refractivity contribution in [1.29, 1.82) is 0 Å². The zero-order valence-electron chi connectivity index (χ0n) is 11.2. The van der Waals surface area contributed by atoms with Gasteiger partial charge in [0.05, 0.1) is 8.46 Å². The van der Waals surface area contributed by atoms with Crippen molar-refractivity contribution in [2.45, 2.75) is 88.6 Å². The molecular formula is C14H28PSi. The molecule has 0 atom stereocenters. The van der Waals surface area contributed by atoms with Gasteiger partial charge in [-0.3, -0.25) is 0 Å². The molecule has 0 aromatic carbocycles. The normalized spacial score (nSPS) is 25.5. The Morgan fingerprint density at radius 3 is 1.38 bits per heavy atom. The molecule has 2 saturated carbocycles. The van der Waals surface area contributed by atoms with E-state index in [2.05, 4.69) is 13.1 Å². The van der Waals surface area contributed by atoms with Crippen LogP contribution in [0.25, 0.3) is 0 Å². The van der Waals surface area contributed by atoms with E-state index in [9.17, 15) is 0 Å². The van der Waals surface area contributed by atoms with Gasteiger partial charge in [-0.15, -0.1) is 7.47 Å². The van der Waals surface area contributed by atoms with Crippen LogP contribution < -0.4 is 0 Å². The Morgan fingerprint density at radius 2 is 1.06 bits per heavy atom. The zero-order valence-corrected chi connectivity index (χ0v) is 13.1. The minimum atomic E-state index is -0.00595. The van der Waals surface area contributed by atoms with Gasteiger partial charge < -0.3 is 0 Å². The van der Waals surface area contributed by atoms with Crippen LogP contribution in [0.15, 0.2) is 0 Å². The standard InChI is InChI=1S/C14H28PSi/c1-16(2)15(13-9-5-3-6-10-13)14-11-7-4-8-12-14/h13-14H,3-12H2,1-2H3. The lowest BCUT2D eigenvalue weighted by molar-refractivity contribution is 0.488. The van der Waals surface area contributed by atoms with Crippen molar-refractivity contribution in [3.8, 4) is 0 Å². The minimum absolute atomic E-state index is 0.00595. The summed E-state index contributed by atoms with van der Waals surface area (Å²) in [5.41, 5.74) is 2.38. The molecule has 1 radical (unpaired) electrons. The molecule has 0 N–H and O–H groups in total. The van der Waals surface area contributed by atoms with Crippen molar-refractivity contribution in [1.82, 2.24) is 0 Å². The molecule has 2 aliphatic carbocycles. The van der Waals surface area contributed by atoms with Crippen molar-refractivity contribution < 1.29 is 0 Å². The van der Waals surface area contributed by atoms with Crippen molar-refractivity contribution in [3.63, 3.8) is 0 Å². The Morgan fingerprint density at radius 1 is 0.688 bits per heavy atom. The summed E-state index contributed by atoms with van der Waals surface area (Å²) >= 11 is 0. The van der Waals surface area contributed by atoms with Gasteiger partial charge >= 0.3 is 0 Å². The molecule has 2 rings (SSSR count). The van der Waals surface area contributed by atoms with Crippen molar-refractivity contribution in [2.75, 3.05) is 0 Å². The Balaban J connectivity index is 1.96. The molecule has 0 amide bonds. The largest absolute Gasteiger partial charge is 0.114 e. The Kier molecular flexibility index (Phi) is 5.35. The average molecular weight is 255 g/mol. The van der Waals surface area contributed by atoms with E-state index in [0.29, 0.717) is 7.47 Å². The van der Waals surface area contributed by atoms with Crippen LogP contribution in [0.1, 0.15) is 64.2 Å². The maximum atomic E-state index is 2.61. The van der Waals surface area contributed by atoms with Crippen LogP contribution >= 0.6 is 7.47 Å². The Hall–Kier alpha value is 0.647. The lowest BCUT2D eigenvalue weighted by Gasteiger charge is -2.40. The van der Waals surface area contributed by atoms with Gasteiger partial charge in [0.1, 0.15) is 0 Å². The Bertz CT molecular complexity index is 175. The molecule has 0 spiro atoms. The lowest BCUT2D eigenvalue weighted by atomic mass is 10.00. The fraction of sp³-hybridized carbons (Fsp3) is 1.00. The first kappa shape index (κ1) is 13.1. The molecule has 0 saturated heterocycles. The fourth-order valence-electron chi connectivity index (χ4n) is 3.75. The summed E-state index contributed by atoms with van der Waals surface area (Å²) < 4.78 is 0. The highest BCUT2D eigenvalue weighted by Gasteiger charge is 2.32. The molecule has 0 bridgehead atoms. The third-order valence-corrected chi connectivity index (χ3v) is 13.4. The summed E-state index contributed by atoms with van der Waals surface area (Å²) in [5, 5.41) is 0. The molecular weight excluding hydrogens is 227 g/mol. The molecule has 2 heteroatoms. The zero-order chi connectivity index (χ0) is 11.4. The summed E-state index contributed by atoms with van der Waals surface area (Å²) in [5.74, 6) is 0. The maximum absolute atomic E-state index is 2.61. The number of hydrogen-bond acceptors (Lipinski definition) is 0. The third kappa shape index (κ3) is 3.32. The van der Waals surface area contributed by atoms with Crippen LogP contribution in [-0.2, 0) is 0 Å². The SMILES string of the molecule is C[Si](C)P(C1CCCCC1)C1CCCCC1. The van der Waals surface area contributed by atoms with Gasteiger partial charge in [0.2, 0.25) is 0 Å². The van der Waals surface area contributed by atoms with Crippen LogP contribution in [0.4, 0.5) is 0 Å². The molecule has 2 aliphatic rings. The molecule has 0 nitrogen and oxygen atoms in total. The highest BCUT2D eigenvalue weighted by molar-refractivity contribution is 7.91. The first-order valence-corrected chi connectivity index (χ1v) is 12.2. The monoisotopic (exact) mass is 255 g/mol. The molecule has 0 aromatic heterocycles. The lowest BCUT2D eigenvalue weighted by Crippen LogP contribution is -2.26. The molecule has 16 heavy (non-hydrogen) atoms. The van der Waals surface area contributed by atoms with E-state index in [1.807, 2.05) is 0 Å². The average Bonchev–Trinajstić information content (AvgIpc) is 2.31. The van der Waals surface area contributed by atoms with Crippen LogP contribution in [0.3, 0.4) is 0 Å². The van der Waals surface area contributed by atoms with Gasteiger partial charge in [-0.25, -0.2) is 0 Å². The summed E-state index contributed by atoms with van der Waals surface area (Å²) in [4.78, 5) is 0. The van der Waals surface area contributed by atoms with E-state index in [4.69, 9.17) is 0 Å². The summed E-state index contributed by atoms with van der Waals surface area (Å²) in [7, 11) is 0.440. The van der Waals surface area contributed by atoms with E-state index in [1.54, 1.807) is 51.4 Å². The fourth-order valence-corrected chi connectivity index (χ4v) is 13.6. The minimum Gasteiger partial charge on any atom is -0.114 e. The highest BCUT2D eigenvalue weighted by Crippen LogP contribution is 2.57. The summed E-state index contributed by atoms with van der Waals surface area (Å²) in [6, 6.07) is 0. The van der Waals surface area contributed by atoms with Gasteiger partial charge in [0.25, 0.3) is 0 Å². The molecule has 2 fully saturated rings. The second-order valence-corrected chi connectivity index (χ2v) is 14.3.